The van der Waals surface area contributed by atoms with E-state index in [-0.39, 0.29) is 18.2 Å². The molecule has 2 rings (SSSR count). The summed E-state index contributed by atoms with van der Waals surface area (Å²) in [5.41, 5.74) is -0.596. The van der Waals surface area contributed by atoms with E-state index in [1.807, 2.05) is 0 Å². The minimum atomic E-state index is -0.914. The maximum Gasteiger partial charge on any atom is 0.251 e. The lowest BCUT2D eigenvalue weighted by Crippen LogP contribution is -2.46. The average Bonchev–Trinajstić information content (AvgIpc) is 2.45. The standard InChI is InChI=1S/C14H19NO5/c1-19-12-3-2-10(8-11(12)16)13(17)15-9-14(18)4-6-20-7-5-14/h2-3,8,16,18H,4-7,9H2,1H3,(H,15,17). The third-order valence-electron chi connectivity index (χ3n) is 3.44. The Morgan fingerprint density at radius 1 is 1.45 bits per heavy atom. The van der Waals surface area contributed by atoms with E-state index in [9.17, 15) is 15.0 Å². The van der Waals surface area contributed by atoms with Gasteiger partial charge in [-0.3, -0.25) is 4.79 Å². The number of hydrogen-bond donors (Lipinski definition) is 3. The number of carbonyl (C=O) groups is 1. The van der Waals surface area contributed by atoms with Gasteiger partial charge in [0.2, 0.25) is 0 Å². The van der Waals surface area contributed by atoms with Gasteiger partial charge in [-0.05, 0) is 18.2 Å². The van der Waals surface area contributed by atoms with Crippen LogP contribution in [0, 0.1) is 0 Å². The second kappa shape index (κ2) is 6.11. The molecule has 6 nitrogen and oxygen atoms in total. The first kappa shape index (κ1) is 14.6. The van der Waals surface area contributed by atoms with Crippen molar-refractivity contribution in [2.45, 2.75) is 18.4 Å². The van der Waals surface area contributed by atoms with Crippen LogP contribution in [-0.4, -0.2) is 48.6 Å². The average molecular weight is 281 g/mol. The summed E-state index contributed by atoms with van der Waals surface area (Å²) in [6.07, 6.45) is 1.00. The van der Waals surface area contributed by atoms with Crippen LogP contribution in [0.15, 0.2) is 18.2 Å². The van der Waals surface area contributed by atoms with Gasteiger partial charge in [-0.15, -0.1) is 0 Å². The van der Waals surface area contributed by atoms with Gasteiger partial charge in [0.15, 0.2) is 11.5 Å². The molecule has 0 aliphatic carbocycles. The molecule has 1 aromatic rings. The lowest BCUT2D eigenvalue weighted by molar-refractivity contribution is -0.0605. The minimum Gasteiger partial charge on any atom is -0.504 e. The largest absolute Gasteiger partial charge is 0.504 e. The molecule has 0 spiro atoms. The molecule has 1 aliphatic rings. The van der Waals surface area contributed by atoms with Crippen molar-refractivity contribution in [1.29, 1.82) is 0 Å². The Balaban J connectivity index is 1.96. The summed E-state index contributed by atoms with van der Waals surface area (Å²) in [5, 5.41) is 22.6. The van der Waals surface area contributed by atoms with Crippen molar-refractivity contribution in [1.82, 2.24) is 5.32 Å². The Hall–Kier alpha value is -1.79. The number of benzene rings is 1. The van der Waals surface area contributed by atoms with Gasteiger partial charge < -0.3 is 25.0 Å². The Kier molecular flexibility index (Phi) is 4.46. The summed E-state index contributed by atoms with van der Waals surface area (Å²) < 4.78 is 10.1. The third kappa shape index (κ3) is 3.40. The van der Waals surface area contributed by atoms with Crippen LogP contribution in [0.1, 0.15) is 23.2 Å². The lowest BCUT2D eigenvalue weighted by Gasteiger charge is -2.32. The third-order valence-corrected chi connectivity index (χ3v) is 3.44. The highest BCUT2D eigenvalue weighted by Crippen LogP contribution is 2.26. The predicted octanol–water partition coefficient (Wildman–Crippen LogP) is 0.672. The SMILES string of the molecule is COc1ccc(C(=O)NCC2(O)CCOCC2)cc1O. The van der Waals surface area contributed by atoms with Crippen LogP contribution in [-0.2, 0) is 4.74 Å². The fourth-order valence-electron chi connectivity index (χ4n) is 2.11. The molecule has 6 heteroatoms. The Bertz CT molecular complexity index is 482. The molecular weight excluding hydrogens is 262 g/mol. The Morgan fingerprint density at radius 2 is 2.15 bits per heavy atom. The number of aliphatic hydroxyl groups is 1. The number of amides is 1. The molecule has 110 valence electrons. The van der Waals surface area contributed by atoms with Crippen LogP contribution < -0.4 is 10.1 Å². The Labute approximate surface area is 117 Å². The molecule has 1 aromatic carbocycles. The number of hydrogen-bond acceptors (Lipinski definition) is 5. The quantitative estimate of drug-likeness (QED) is 0.755. The van der Waals surface area contributed by atoms with Crippen LogP contribution in [0.5, 0.6) is 11.5 Å². The van der Waals surface area contributed by atoms with Gasteiger partial charge in [0.05, 0.1) is 12.7 Å². The van der Waals surface area contributed by atoms with Crippen molar-refractivity contribution < 1.29 is 24.5 Å². The number of ether oxygens (including phenoxy) is 2. The van der Waals surface area contributed by atoms with Gasteiger partial charge in [0.1, 0.15) is 0 Å². The predicted molar refractivity (Wildman–Crippen MR) is 72.0 cm³/mol. The first-order valence-electron chi connectivity index (χ1n) is 6.49. The fourth-order valence-corrected chi connectivity index (χ4v) is 2.11. The maximum atomic E-state index is 12.0. The Morgan fingerprint density at radius 3 is 2.75 bits per heavy atom. The zero-order valence-electron chi connectivity index (χ0n) is 11.4. The molecular formula is C14H19NO5. The number of carbonyl (C=O) groups excluding carboxylic acids is 1. The van der Waals surface area contributed by atoms with Crippen molar-refractivity contribution in [3.05, 3.63) is 23.8 Å². The number of nitrogens with one attached hydrogen (secondary N) is 1. The van der Waals surface area contributed by atoms with E-state index in [1.165, 1.54) is 19.2 Å². The van der Waals surface area contributed by atoms with Crippen LogP contribution in [0.2, 0.25) is 0 Å². The van der Waals surface area contributed by atoms with Gasteiger partial charge in [0.25, 0.3) is 5.91 Å². The molecule has 1 aliphatic heterocycles. The number of aromatic hydroxyl groups is 1. The van der Waals surface area contributed by atoms with Crippen molar-refractivity contribution in [3.63, 3.8) is 0 Å². The smallest absolute Gasteiger partial charge is 0.251 e. The van der Waals surface area contributed by atoms with Gasteiger partial charge in [-0.25, -0.2) is 0 Å². The highest BCUT2D eigenvalue weighted by Gasteiger charge is 2.30. The molecule has 0 atom stereocenters. The van der Waals surface area contributed by atoms with Gasteiger partial charge in [0, 0.05) is 38.2 Å². The first-order valence-corrected chi connectivity index (χ1v) is 6.49. The molecule has 20 heavy (non-hydrogen) atoms. The van der Waals surface area contributed by atoms with Crippen LogP contribution in [0.25, 0.3) is 0 Å². The normalized spacial score (nSPS) is 17.5. The molecule has 1 saturated heterocycles. The molecule has 1 fully saturated rings. The molecule has 1 amide bonds. The van der Waals surface area contributed by atoms with Crippen molar-refractivity contribution in [3.8, 4) is 11.5 Å². The molecule has 3 N–H and O–H groups in total. The van der Waals surface area contributed by atoms with E-state index in [0.29, 0.717) is 37.4 Å². The molecule has 0 aromatic heterocycles. The van der Waals surface area contributed by atoms with Gasteiger partial charge in [-0.2, -0.15) is 0 Å². The van der Waals surface area contributed by atoms with Crippen LogP contribution in [0.3, 0.4) is 0 Å². The van der Waals surface area contributed by atoms with E-state index in [1.54, 1.807) is 6.07 Å². The van der Waals surface area contributed by atoms with E-state index < -0.39 is 5.60 Å². The zero-order chi connectivity index (χ0) is 14.6. The van der Waals surface area contributed by atoms with E-state index in [2.05, 4.69) is 5.32 Å². The first-order chi connectivity index (χ1) is 9.54. The molecule has 0 bridgehead atoms. The summed E-state index contributed by atoms with van der Waals surface area (Å²) in [7, 11) is 1.44. The second-order valence-electron chi connectivity index (χ2n) is 4.91. The number of rotatable bonds is 4. The second-order valence-corrected chi connectivity index (χ2v) is 4.91. The van der Waals surface area contributed by atoms with Crippen molar-refractivity contribution >= 4 is 5.91 Å². The summed E-state index contributed by atoms with van der Waals surface area (Å²) in [6, 6.07) is 4.41. The lowest BCUT2D eigenvalue weighted by atomic mass is 9.94. The fraction of sp³-hybridized carbons (Fsp3) is 0.500. The van der Waals surface area contributed by atoms with E-state index >= 15 is 0 Å². The maximum absolute atomic E-state index is 12.0. The van der Waals surface area contributed by atoms with E-state index in [4.69, 9.17) is 9.47 Å². The van der Waals surface area contributed by atoms with E-state index in [0.717, 1.165) is 0 Å². The highest BCUT2D eigenvalue weighted by atomic mass is 16.5. The molecule has 0 saturated carbocycles. The summed E-state index contributed by atoms with van der Waals surface area (Å²) >= 11 is 0. The minimum absolute atomic E-state index is 0.0927. The highest BCUT2D eigenvalue weighted by molar-refractivity contribution is 5.94. The summed E-state index contributed by atoms with van der Waals surface area (Å²) in [6.45, 7) is 1.16. The monoisotopic (exact) mass is 281 g/mol. The molecule has 0 radical (unpaired) electrons. The van der Waals surface area contributed by atoms with Crippen molar-refractivity contribution in [2.75, 3.05) is 26.9 Å². The summed E-state index contributed by atoms with van der Waals surface area (Å²) in [5.74, 6) is -0.127. The van der Waals surface area contributed by atoms with Gasteiger partial charge >= 0.3 is 0 Å². The van der Waals surface area contributed by atoms with Gasteiger partial charge in [-0.1, -0.05) is 0 Å². The van der Waals surface area contributed by atoms with Crippen LogP contribution >= 0.6 is 0 Å². The van der Waals surface area contributed by atoms with Crippen molar-refractivity contribution in [2.24, 2.45) is 0 Å². The number of phenolic OH excluding ortho intramolecular Hbond substituents is 1. The number of phenols is 1. The number of methoxy groups -OCH3 is 1. The molecule has 1 heterocycles. The topological polar surface area (TPSA) is 88.0 Å². The zero-order valence-corrected chi connectivity index (χ0v) is 11.4. The van der Waals surface area contributed by atoms with Crippen LogP contribution in [0.4, 0.5) is 0 Å². The summed E-state index contributed by atoms with van der Waals surface area (Å²) in [4.78, 5) is 12.0. The molecule has 0 unspecified atom stereocenters.